The van der Waals surface area contributed by atoms with Crippen LogP contribution >= 0.6 is 23.7 Å². The van der Waals surface area contributed by atoms with Gasteiger partial charge in [0.25, 0.3) is 0 Å². The van der Waals surface area contributed by atoms with Gasteiger partial charge in [-0.2, -0.15) is 0 Å². The predicted octanol–water partition coefficient (Wildman–Crippen LogP) is 3.76. The molecule has 1 aromatic rings. The first kappa shape index (κ1) is 17.8. The van der Waals surface area contributed by atoms with E-state index in [-0.39, 0.29) is 23.7 Å². The Labute approximate surface area is 143 Å². The van der Waals surface area contributed by atoms with E-state index >= 15 is 0 Å². The van der Waals surface area contributed by atoms with Crippen LogP contribution in [0.5, 0.6) is 0 Å². The Kier molecular flexibility index (Phi) is 6.30. The molecule has 3 rings (SSSR count). The van der Waals surface area contributed by atoms with Crippen LogP contribution in [-0.4, -0.2) is 18.0 Å². The molecule has 0 bridgehead atoms. The van der Waals surface area contributed by atoms with Gasteiger partial charge in [0.15, 0.2) is 0 Å². The standard InChI is InChI=1S/C17H26N2OS.ClH/c18-13-6-8-14(9-7-13)19-16(20)17(10-2-1-3-11-17)15-5-4-12-21-15;/h4-5,12-14H,1-3,6-11,18H2,(H,19,20);1H. The molecule has 0 aromatic carbocycles. The highest BCUT2D eigenvalue weighted by atomic mass is 35.5. The van der Waals surface area contributed by atoms with Gasteiger partial charge in [0, 0.05) is 17.0 Å². The Morgan fingerprint density at radius 3 is 2.45 bits per heavy atom. The van der Waals surface area contributed by atoms with E-state index < -0.39 is 0 Å². The average molecular weight is 343 g/mol. The van der Waals surface area contributed by atoms with Crippen molar-refractivity contribution in [2.24, 2.45) is 5.73 Å². The topological polar surface area (TPSA) is 55.1 Å². The van der Waals surface area contributed by atoms with Crippen LogP contribution in [0.3, 0.4) is 0 Å². The fraction of sp³-hybridized carbons (Fsp3) is 0.706. The maximum absolute atomic E-state index is 13.0. The fourth-order valence-corrected chi connectivity index (χ4v) is 4.86. The smallest absolute Gasteiger partial charge is 0.231 e. The van der Waals surface area contributed by atoms with Crippen molar-refractivity contribution < 1.29 is 4.79 Å². The number of rotatable bonds is 3. The van der Waals surface area contributed by atoms with E-state index in [1.165, 1.54) is 24.1 Å². The molecule has 1 heterocycles. The zero-order valence-electron chi connectivity index (χ0n) is 13.1. The van der Waals surface area contributed by atoms with E-state index in [9.17, 15) is 4.79 Å². The Bertz CT molecular complexity index is 463. The van der Waals surface area contributed by atoms with E-state index in [0.29, 0.717) is 12.1 Å². The molecule has 0 aliphatic heterocycles. The molecule has 22 heavy (non-hydrogen) atoms. The first-order valence-electron chi connectivity index (χ1n) is 8.31. The third-order valence-electron chi connectivity index (χ3n) is 5.24. The van der Waals surface area contributed by atoms with Crippen molar-refractivity contribution in [2.75, 3.05) is 0 Å². The van der Waals surface area contributed by atoms with Crippen LogP contribution in [0.1, 0.15) is 62.7 Å². The van der Waals surface area contributed by atoms with E-state index in [2.05, 4.69) is 22.8 Å². The zero-order chi connectivity index (χ0) is 14.7. The van der Waals surface area contributed by atoms with Crippen LogP contribution in [0.25, 0.3) is 0 Å². The second-order valence-corrected chi connectivity index (χ2v) is 7.65. The lowest BCUT2D eigenvalue weighted by atomic mass is 9.72. The normalized spacial score (nSPS) is 27.7. The minimum absolute atomic E-state index is 0. The lowest BCUT2D eigenvalue weighted by Crippen LogP contribution is -2.50. The van der Waals surface area contributed by atoms with Crippen molar-refractivity contribution in [2.45, 2.75) is 75.3 Å². The second kappa shape index (κ2) is 7.80. The second-order valence-electron chi connectivity index (χ2n) is 6.71. The number of hydrogen-bond donors (Lipinski definition) is 2. The first-order chi connectivity index (χ1) is 10.2. The summed E-state index contributed by atoms with van der Waals surface area (Å²) in [4.78, 5) is 14.3. The number of nitrogens with one attached hydrogen (secondary N) is 1. The molecular formula is C17H27ClN2OS. The van der Waals surface area contributed by atoms with E-state index in [1.807, 2.05) is 0 Å². The maximum Gasteiger partial charge on any atom is 0.231 e. The van der Waals surface area contributed by atoms with Gasteiger partial charge in [-0.15, -0.1) is 23.7 Å². The molecular weight excluding hydrogens is 316 g/mol. The Hall–Kier alpha value is -0.580. The summed E-state index contributed by atoms with van der Waals surface area (Å²) in [6.45, 7) is 0. The third-order valence-corrected chi connectivity index (χ3v) is 6.32. The molecule has 0 saturated heterocycles. The fourth-order valence-electron chi connectivity index (χ4n) is 3.88. The van der Waals surface area contributed by atoms with Crippen LogP contribution in [-0.2, 0) is 10.2 Å². The largest absolute Gasteiger partial charge is 0.353 e. The predicted molar refractivity (Wildman–Crippen MR) is 94.7 cm³/mol. The summed E-state index contributed by atoms with van der Waals surface area (Å²) in [5.74, 6) is 0.269. The van der Waals surface area contributed by atoms with Crippen molar-refractivity contribution in [3.05, 3.63) is 22.4 Å². The molecule has 2 aliphatic carbocycles. The van der Waals surface area contributed by atoms with Crippen LogP contribution < -0.4 is 11.1 Å². The summed E-state index contributed by atoms with van der Waals surface area (Å²) in [5.41, 5.74) is 5.70. The van der Waals surface area contributed by atoms with Gasteiger partial charge in [0.1, 0.15) is 0 Å². The number of amides is 1. The van der Waals surface area contributed by atoms with Gasteiger partial charge in [-0.1, -0.05) is 25.3 Å². The quantitative estimate of drug-likeness (QED) is 0.878. The molecule has 2 saturated carbocycles. The lowest BCUT2D eigenvalue weighted by Gasteiger charge is -2.37. The first-order valence-corrected chi connectivity index (χ1v) is 9.19. The van der Waals surface area contributed by atoms with Crippen molar-refractivity contribution in [3.8, 4) is 0 Å². The van der Waals surface area contributed by atoms with Crippen molar-refractivity contribution in [1.29, 1.82) is 0 Å². The number of hydrogen-bond acceptors (Lipinski definition) is 3. The van der Waals surface area contributed by atoms with Crippen LogP contribution in [0.2, 0.25) is 0 Å². The highest BCUT2D eigenvalue weighted by molar-refractivity contribution is 7.10. The van der Waals surface area contributed by atoms with Gasteiger partial charge in [-0.3, -0.25) is 4.79 Å². The molecule has 3 N–H and O–H groups in total. The summed E-state index contributed by atoms with van der Waals surface area (Å²) in [6.07, 6.45) is 9.76. The maximum atomic E-state index is 13.0. The third kappa shape index (κ3) is 3.66. The number of thiophene rings is 1. The van der Waals surface area contributed by atoms with Gasteiger partial charge < -0.3 is 11.1 Å². The molecule has 1 amide bonds. The molecule has 2 aliphatic rings. The van der Waals surface area contributed by atoms with Gasteiger partial charge in [-0.05, 0) is 50.0 Å². The highest BCUT2D eigenvalue weighted by Crippen LogP contribution is 2.42. The van der Waals surface area contributed by atoms with Crippen molar-refractivity contribution in [3.63, 3.8) is 0 Å². The Morgan fingerprint density at radius 1 is 1.18 bits per heavy atom. The molecule has 0 atom stereocenters. The van der Waals surface area contributed by atoms with Crippen molar-refractivity contribution in [1.82, 2.24) is 5.32 Å². The van der Waals surface area contributed by atoms with E-state index in [4.69, 9.17) is 5.73 Å². The lowest BCUT2D eigenvalue weighted by molar-refractivity contribution is -0.128. The summed E-state index contributed by atoms with van der Waals surface area (Å²) in [6, 6.07) is 4.88. The monoisotopic (exact) mass is 342 g/mol. The van der Waals surface area contributed by atoms with Gasteiger partial charge in [-0.25, -0.2) is 0 Å². The molecule has 0 radical (unpaired) electrons. The summed E-state index contributed by atoms with van der Waals surface area (Å²) in [7, 11) is 0. The molecule has 1 aromatic heterocycles. The number of carbonyl (C=O) groups is 1. The Balaban J connectivity index is 0.00000176. The van der Waals surface area contributed by atoms with E-state index in [1.54, 1.807) is 11.3 Å². The molecule has 124 valence electrons. The minimum Gasteiger partial charge on any atom is -0.353 e. The summed E-state index contributed by atoms with van der Waals surface area (Å²) < 4.78 is 0. The summed E-state index contributed by atoms with van der Waals surface area (Å²) >= 11 is 1.74. The molecule has 0 spiro atoms. The molecule has 2 fully saturated rings. The van der Waals surface area contributed by atoms with Crippen LogP contribution in [0.4, 0.5) is 0 Å². The zero-order valence-corrected chi connectivity index (χ0v) is 14.7. The van der Waals surface area contributed by atoms with Gasteiger partial charge in [0.2, 0.25) is 5.91 Å². The van der Waals surface area contributed by atoms with Gasteiger partial charge >= 0.3 is 0 Å². The minimum atomic E-state index is -0.258. The molecule has 5 heteroatoms. The highest BCUT2D eigenvalue weighted by Gasteiger charge is 2.42. The van der Waals surface area contributed by atoms with Crippen LogP contribution in [0.15, 0.2) is 17.5 Å². The summed E-state index contributed by atoms with van der Waals surface area (Å²) in [5, 5.41) is 5.45. The SMILES string of the molecule is Cl.NC1CCC(NC(=O)C2(c3cccs3)CCCCC2)CC1. The van der Waals surface area contributed by atoms with Gasteiger partial charge in [0.05, 0.1) is 5.41 Å². The van der Waals surface area contributed by atoms with E-state index in [0.717, 1.165) is 38.5 Å². The molecule has 3 nitrogen and oxygen atoms in total. The number of nitrogens with two attached hydrogens (primary N) is 1. The Morgan fingerprint density at radius 2 is 1.86 bits per heavy atom. The number of halogens is 1. The molecule has 0 unspecified atom stereocenters. The van der Waals surface area contributed by atoms with Crippen molar-refractivity contribution >= 4 is 29.7 Å². The number of carbonyl (C=O) groups excluding carboxylic acids is 1. The average Bonchev–Trinajstić information content (AvgIpc) is 3.05. The van der Waals surface area contributed by atoms with Crippen LogP contribution in [0, 0.1) is 0 Å².